The Morgan fingerprint density at radius 1 is 1.50 bits per heavy atom. The fourth-order valence-corrected chi connectivity index (χ4v) is 2.11. The molecule has 1 atom stereocenters. The summed E-state index contributed by atoms with van der Waals surface area (Å²) in [6.07, 6.45) is 3.65. The van der Waals surface area contributed by atoms with E-state index in [-0.39, 0.29) is 5.91 Å². The Hall–Kier alpha value is -0.570. The molecular weight excluding hydrogens is 176 g/mol. The van der Waals surface area contributed by atoms with E-state index in [1.807, 2.05) is 6.92 Å². The van der Waals surface area contributed by atoms with Crippen LogP contribution in [0.15, 0.2) is 0 Å². The molecule has 0 saturated heterocycles. The number of carbonyl (C=O) groups excluding carboxylic acids is 1. The van der Waals surface area contributed by atoms with Crippen LogP contribution in [0.3, 0.4) is 0 Å². The average Bonchev–Trinajstić information content (AvgIpc) is 2.43. The molecule has 1 fully saturated rings. The third kappa shape index (κ3) is 3.66. The number of nitrogens with one attached hydrogen (secondary N) is 2. The molecule has 14 heavy (non-hydrogen) atoms. The standard InChI is InChI=1S/C11H22N2O/c1-4-12-10(14)8-13-9-5-6-11(2,3)7-9/h9,13H,4-8H2,1-3H3,(H,12,14). The van der Waals surface area contributed by atoms with E-state index in [1.54, 1.807) is 0 Å². The monoisotopic (exact) mass is 198 g/mol. The molecular formula is C11H22N2O. The summed E-state index contributed by atoms with van der Waals surface area (Å²) in [6.45, 7) is 7.71. The van der Waals surface area contributed by atoms with Crippen LogP contribution in [0.5, 0.6) is 0 Å². The van der Waals surface area contributed by atoms with E-state index in [4.69, 9.17) is 0 Å². The van der Waals surface area contributed by atoms with Gasteiger partial charge < -0.3 is 10.6 Å². The van der Waals surface area contributed by atoms with Gasteiger partial charge in [-0.05, 0) is 31.6 Å². The third-order valence-corrected chi connectivity index (χ3v) is 2.89. The molecule has 1 amide bonds. The summed E-state index contributed by atoms with van der Waals surface area (Å²) in [5, 5.41) is 6.10. The van der Waals surface area contributed by atoms with Crippen LogP contribution in [0.1, 0.15) is 40.0 Å². The second-order valence-electron chi connectivity index (χ2n) is 4.94. The smallest absolute Gasteiger partial charge is 0.233 e. The van der Waals surface area contributed by atoms with Crippen LogP contribution < -0.4 is 10.6 Å². The van der Waals surface area contributed by atoms with Crippen molar-refractivity contribution in [3.8, 4) is 0 Å². The first-order chi connectivity index (χ1) is 6.53. The van der Waals surface area contributed by atoms with Gasteiger partial charge in [0, 0.05) is 12.6 Å². The SMILES string of the molecule is CCNC(=O)CNC1CCC(C)(C)C1. The molecule has 0 bridgehead atoms. The Labute approximate surface area is 86.6 Å². The maximum Gasteiger partial charge on any atom is 0.233 e. The summed E-state index contributed by atoms with van der Waals surface area (Å²) in [7, 11) is 0. The zero-order valence-electron chi connectivity index (χ0n) is 9.52. The molecule has 1 unspecified atom stereocenters. The fraction of sp³-hybridized carbons (Fsp3) is 0.909. The van der Waals surface area contributed by atoms with Gasteiger partial charge in [0.05, 0.1) is 6.54 Å². The lowest BCUT2D eigenvalue weighted by atomic mass is 9.92. The third-order valence-electron chi connectivity index (χ3n) is 2.89. The molecule has 82 valence electrons. The lowest BCUT2D eigenvalue weighted by molar-refractivity contribution is -0.120. The quantitative estimate of drug-likeness (QED) is 0.714. The van der Waals surface area contributed by atoms with E-state index in [0.717, 1.165) is 6.54 Å². The number of carbonyl (C=O) groups is 1. The molecule has 1 aliphatic carbocycles. The lowest BCUT2D eigenvalue weighted by Crippen LogP contribution is -2.38. The van der Waals surface area contributed by atoms with Gasteiger partial charge in [-0.15, -0.1) is 0 Å². The number of likely N-dealkylation sites (N-methyl/N-ethyl adjacent to an activating group) is 1. The highest BCUT2D eigenvalue weighted by atomic mass is 16.1. The second-order valence-corrected chi connectivity index (χ2v) is 4.94. The first-order valence-electron chi connectivity index (χ1n) is 5.53. The Balaban J connectivity index is 2.17. The van der Waals surface area contributed by atoms with E-state index in [0.29, 0.717) is 18.0 Å². The topological polar surface area (TPSA) is 41.1 Å². The molecule has 0 heterocycles. The minimum Gasteiger partial charge on any atom is -0.355 e. The molecule has 0 aromatic carbocycles. The van der Waals surface area contributed by atoms with Crippen LogP contribution in [0.25, 0.3) is 0 Å². The van der Waals surface area contributed by atoms with Crippen LogP contribution in [0.4, 0.5) is 0 Å². The minimum absolute atomic E-state index is 0.109. The molecule has 3 nitrogen and oxygen atoms in total. The van der Waals surface area contributed by atoms with Crippen LogP contribution >= 0.6 is 0 Å². The van der Waals surface area contributed by atoms with Gasteiger partial charge >= 0.3 is 0 Å². The predicted molar refractivity (Wildman–Crippen MR) is 58.1 cm³/mol. The van der Waals surface area contributed by atoms with Crippen molar-refractivity contribution in [3.63, 3.8) is 0 Å². The van der Waals surface area contributed by atoms with E-state index in [1.165, 1.54) is 19.3 Å². The molecule has 1 saturated carbocycles. The van der Waals surface area contributed by atoms with Gasteiger partial charge in [0.25, 0.3) is 0 Å². The number of rotatable bonds is 4. The van der Waals surface area contributed by atoms with Crippen molar-refractivity contribution < 1.29 is 4.79 Å². The number of hydrogen-bond acceptors (Lipinski definition) is 2. The van der Waals surface area contributed by atoms with Crippen molar-refractivity contribution in [1.82, 2.24) is 10.6 Å². The summed E-state index contributed by atoms with van der Waals surface area (Å²) >= 11 is 0. The van der Waals surface area contributed by atoms with Gasteiger partial charge in [-0.25, -0.2) is 0 Å². The van der Waals surface area contributed by atoms with Crippen molar-refractivity contribution in [1.29, 1.82) is 0 Å². The van der Waals surface area contributed by atoms with Gasteiger partial charge in [-0.2, -0.15) is 0 Å². The van der Waals surface area contributed by atoms with Crippen LogP contribution in [0.2, 0.25) is 0 Å². The first kappa shape index (κ1) is 11.5. The molecule has 0 aromatic rings. The normalized spacial score (nSPS) is 24.9. The van der Waals surface area contributed by atoms with Gasteiger partial charge in [-0.1, -0.05) is 13.8 Å². The Morgan fingerprint density at radius 3 is 2.71 bits per heavy atom. The maximum atomic E-state index is 11.2. The summed E-state index contributed by atoms with van der Waals surface area (Å²) < 4.78 is 0. The van der Waals surface area contributed by atoms with Gasteiger partial charge in [0.1, 0.15) is 0 Å². The molecule has 0 aliphatic heterocycles. The number of hydrogen-bond donors (Lipinski definition) is 2. The van der Waals surface area contributed by atoms with Gasteiger partial charge in [0.2, 0.25) is 5.91 Å². The Bertz CT molecular complexity index is 201. The minimum atomic E-state index is 0.109. The lowest BCUT2D eigenvalue weighted by Gasteiger charge is -2.17. The highest BCUT2D eigenvalue weighted by Crippen LogP contribution is 2.36. The van der Waals surface area contributed by atoms with Crippen molar-refractivity contribution in [3.05, 3.63) is 0 Å². The Kier molecular flexibility index (Phi) is 3.93. The van der Waals surface area contributed by atoms with Gasteiger partial charge in [0.15, 0.2) is 0 Å². The van der Waals surface area contributed by atoms with Crippen LogP contribution in [0, 0.1) is 5.41 Å². The number of amides is 1. The maximum absolute atomic E-state index is 11.2. The van der Waals surface area contributed by atoms with E-state index >= 15 is 0 Å². The van der Waals surface area contributed by atoms with Gasteiger partial charge in [-0.3, -0.25) is 4.79 Å². The molecule has 0 radical (unpaired) electrons. The van der Waals surface area contributed by atoms with Crippen molar-refractivity contribution in [2.45, 2.75) is 46.1 Å². The molecule has 1 rings (SSSR count). The van der Waals surface area contributed by atoms with E-state index in [9.17, 15) is 4.79 Å². The molecule has 1 aliphatic rings. The summed E-state index contributed by atoms with van der Waals surface area (Å²) in [6, 6.07) is 0.535. The fourth-order valence-electron chi connectivity index (χ4n) is 2.11. The zero-order chi connectivity index (χ0) is 10.6. The summed E-state index contributed by atoms with van der Waals surface area (Å²) in [5.41, 5.74) is 0.457. The predicted octanol–water partition coefficient (Wildman–Crippen LogP) is 1.29. The Morgan fingerprint density at radius 2 is 2.21 bits per heavy atom. The largest absolute Gasteiger partial charge is 0.355 e. The molecule has 3 heteroatoms. The van der Waals surface area contributed by atoms with Crippen molar-refractivity contribution >= 4 is 5.91 Å². The van der Waals surface area contributed by atoms with Crippen molar-refractivity contribution in [2.24, 2.45) is 5.41 Å². The van der Waals surface area contributed by atoms with Crippen LogP contribution in [-0.2, 0) is 4.79 Å². The molecule has 0 aromatic heterocycles. The molecule has 0 spiro atoms. The van der Waals surface area contributed by atoms with Crippen molar-refractivity contribution in [2.75, 3.05) is 13.1 Å². The second kappa shape index (κ2) is 4.78. The highest BCUT2D eigenvalue weighted by Gasteiger charge is 2.30. The highest BCUT2D eigenvalue weighted by molar-refractivity contribution is 5.77. The zero-order valence-corrected chi connectivity index (χ0v) is 9.52. The average molecular weight is 198 g/mol. The summed E-state index contributed by atoms with van der Waals surface area (Å²) in [4.78, 5) is 11.2. The first-order valence-corrected chi connectivity index (χ1v) is 5.53. The van der Waals surface area contributed by atoms with E-state index < -0.39 is 0 Å². The molecule has 2 N–H and O–H groups in total. The summed E-state index contributed by atoms with van der Waals surface area (Å²) in [5.74, 6) is 0.109. The van der Waals surface area contributed by atoms with E-state index in [2.05, 4.69) is 24.5 Å². The van der Waals surface area contributed by atoms with Crippen LogP contribution in [-0.4, -0.2) is 25.0 Å².